The number of hydrogen-bond acceptors (Lipinski definition) is 2. The van der Waals surface area contributed by atoms with E-state index in [0.29, 0.717) is 0 Å². The van der Waals surface area contributed by atoms with Crippen LogP contribution in [0.2, 0.25) is 10.0 Å². The normalized spacial score (nSPS) is 11.3. The lowest BCUT2D eigenvalue weighted by Crippen LogP contribution is -2.37. The van der Waals surface area contributed by atoms with Gasteiger partial charge < -0.3 is 10.6 Å². The molecule has 0 saturated carbocycles. The Balaban J connectivity index is 2.51. The van der Waals surface area contributed by atoms with Gasteiger partial charge in [0.25, 0.3) is 0 Å². The van der Waals surface area contributed by atoms with E-state index in [-0.39, 0.29) is 15.7 Å². The van der Waals surface area contributed by atoms with Gasteiger partial charge in [-0.25, -0.2) is 4.39 Å². The first-order valence-corrected chi connectivity index (χ1v) is 5.66. The number of amides is 1. The Morgan fingerprint density at radius 1 is 1.21 bits per heavy atom. The van der Waals surface area contributed by atoms with Crippen LogP contribution in [-0.4, -0.2) is 25.2 Å². The summed E-state index contributed by atoms with van der Waals surface area (Å²) in [5.41, 5.74) is 0.221. The van der Waals surface area contributed by atoms with Crippen molar-refractivity contribution >= 4 is 34.8 Å². The van der Waals surface area contributed by atoms with E-state index < -0.39 is 31.0 Å². The Morgan fingerprint density at radius 2 is 1.74 bits per heavy atom. The lowest BCUT2D eigenvalue weighted by molar-refractivity contribution is -0.137. The molecule has 0 aromatic heterocycles. The second kappa shape index (κ2) is 6.29. The molecule has 0 aliphatic heterocycles. The minimum Gasteiger partial charge on any atom is -0.376 e. The molecule has 1 aromatic rings. The van der Waals surface area contributed by atoms with Gasteiger partial charge in [-0.15, -0.1) is 0 Å². The highest BCUT2D eigenvalue weighted by atomic mass is 35.5. The van der Waals surface area contributed by atoms with E-state index in [9.17, 15) is 22.4 Å². The van der Waals surface area contributed by atoms with Gasteiger partial charge in [-0.2, -0.15) is 13.2 Å². The average molecular weight is 319 g/mol. The van der Waals surface area contributed by atoms with Gasteiger partial charge in [0.1, 0.15) is 6.54 Å². The second-order valence-electron chi connectivity index (χ2n) is 3.50. The first-order valence-electron chi connectivity index (χ1n) is 4.91. The van der Waals surface area contributed by atoms with Crippen LogP contribution in [0.15, 0.2) is 12.1 Å². The van der Waals surface area contributed by atoms with E-state index in [1.165, 1.54) is 12.1 Å². The standard InChI is InChI=1S/C10H8Cl2F4N2O/c11-6-1-5(2-7(12)9(6)13)17-3-8(19)18-4-10(14,15)16/h1-2,17H,3-4H2,(H,18,19). The van der Waals surface area contributed by atoms with Crippen molar-refractivity contribution in [3.05, 3.63) is 28.0 Å². The first-order chi connectivity index (χ1) is 8.69. The number of rotatable bonds is 4. The van der Waals surface area contributed by atoms with Crippen LogP contribution in [0.5, 0.6) is 0 Å². The minimum absolute atomic E-state index is 0.221. The number of anilines is 1. The summed E-state index contributed by atoms with van der Waals surface area (Å²) in [6.45, 7) is -1.84. The van der Waals surface area contributed by atoms with Crippen LogP contribution in [0.4, 0.5) is 23.2 Å². The van der Waals surface area contributed by atoms with E-state index in [1.54, 1.807) is 5.32 Å². The van der Waals surface area contributed by atoms with E-state index in [1.807, 2.05) is 0 Å². The van der Waals surface area contributed by atoms with Gasteiger partial charge in [0.05, 0.1) is 16.6 Å². The molecular formula is C10H8Cl2F4N2O. The highest BCUT2D eigenvalue weighted by Gasteiger charge is 2.27. The third-order valence-corrected chi connectivity index (χ3v) is 2.47. The fraction of sp³-hybridized carbons (Fsp3) is 0.300. The summed E-state index contributed by atoms with van der Waals surface area (Å²) in [4.78, 5) is 11.1. The van der Waals surface area contributed by atoms with Crippen molar-refractivity contribution in [3.8, 4) is 0 Å². The van der Waals surface area contributed by atoms with Gasteiger partial charge in [0.2, 0.25) is 5.91 Å². The van der Waals surface area contributed by atoms with Crippen molar-refractivity contribution < 1.29 is 22.4 Å². The Morgan fingerprint density at radius 3 is 2.21 bits per heavy atom. The summed E-state index contributed by atoms with van der Waals surface area (Å²) >= 11 is 11.0. The Labute approximate surface area is 115 Å². The highest BCUT2D eigenvalue weighted by Crippen LogP contribution is 2.27. The summed E-state index contributed by atoms with van der Waals surface area (Å²) in [6.07, 6.45) is -4.47. The third kappa shape index (κ3) is 5.52. The van der Waals surface area contributed by atoms with Crippen LogP contribution in [-0.2, 0) is 4.79 Å². The highest BCUT2D eigenvalue weighted by molar-refractivity contribution is 6.35. The van der Waals surface area contributed by atoms with Crippen LogP contribution in [0.1, 0.15) is 0 Å². The summed E-state index contributed by atoms with van der Waals surface area (Å²) < 4.78 is 48.5. The molecule has 0 atom stereocenters. The summed E-state index contributed by atoms with van der Waals surface area (Å²) in [6, 6.07) is 2.33. The van der Waals surface area contributed by atoms with Gasteiger partial charge in [-0.05, 0) is 12.1 Å². The number of hydrogen-bond donors (Lipinski definition) is 2. The van der Waals surface area contributed by atoms with E-state index >= 15 is 0 Å². The topological polar surface area (TPSA) is 41.1 Å². The second-order valence-corrected chi connectivity index (χ2v) is 4.31. The van der Waals surface area contributed by atoms with Gasteiger partial charge in [0.15, 0.2) is 5.82 Å². The number of carbonyl (C=O) groups is 1. The molecule has 0 unspecified atom stereocenters. The maximum absolute atomic E-state index is 13.1. The molecule has 106 valence electrons. The zero-order valence-corrected chi connectivity index (χ0v) is 10.8. The van der Waals surface area contributed by atoms with Crippen molar-refractivity contribution in [1.82, 2.24) is 5.32 Å². The molecule has 9 heteroatoms. The minimum atomic E-state index is -4.47. The molecule has 3 nitrogen and oxygen atoms in total. The lowest BCUT2D eigenvalue weighted by Gasteiger charge is -2.10. The molecule has 0 bridgehead atoms. The van der Waals surface area contributed by atoms with Crippen LogP contribution in [0.25, 0.3) is 0 Å². The zero-order valence-electron chi connectivity index (χ0n) is 9.24. The zero-order chi connectivity index (χ0) is 14.6. The molecule has 1 rings (SSSR count). The number of carbonyl (C=O) groups excluding carboxylic acids is 1. The van der Waals surface area contributed by atoms with Crippen LogP contribution in [0, 0.1) is 5.82 Å². The summed E-state index contributed by atoms with van der Waals surface area (Å²) in [7, 11) is 0. The predicted molar refractivity (Wildman–Crippen MR) is 64.0 cm³/mol. The fourth-order valence-electron chi connectivity index (χ4n) is 1.10. The van der Waals surface area contributed by atoms with Crippen molar-refractivity contribution in [3.63, 3.8) is 0 Å². The van der Waals surface area contributed by atoms with Crippen molar-refractivity contribution in [2.24, 2.45) is 0 Å². The monoisotopic (exact) mass is 318 g/mol. The summed E-state index contributed by atoms with van der Waals surface area (Å²) in [5.74, 6) is -1.68. The Bertz CT molecular complexity index is 456. The van der Waals surface area contributed by atoms with Crippen molar-refractivity contribution in [2.75, 3.05) is 18.4 Å². The number of benzene rings is 1. The molecular weight excluding hydrogens is 311 g/mol. The molecule has 0 spiro atoms. The molecule has 0 saturated heterocycles. The van der Waals surface area contributed by atoms with E-state index in [4.69, 9.17) is 23.2 Å². The van der Waals surface area contributed by atoms with Crippen LogP contribution >= 0.6 is 23.2 Å². The maximum atomic E-state index is 13.1. The van der Waals surface area contributed by atoms with Gasteiger partial charge in [-0.1, -0.05) is 23.2 Å². The number of halogens is 6. The fourth-order valence-corrected chi connectivity index (χ4v) is 1.59. The molecule has 1 amide bonds. The molecule has 0 radical (unpaired) electrons. The molecule has 0 fully saturated rings. The molecule has 1 aromatic carbocycles. The lowest BCUT2D eigenvalue weighted by atomic mass is 10.3. The largest absolute Gasteiger partial charge is 0.405 e. The van der Waals surface area contributed by atoms with E-state index in [0.717, 1.165) is 0 Å². The number of alkyl halides is 3. The van der Waals surface area contributed by atoms with Gasteiger partial charge in [0, 0.05) is 5.69 Å². The molecule has 0 heterocycles. The van der Waals surface area contributed by atoms with Crippen LogP contribution in [0.3, 0.4) is 0 Å². The van der Waals surface area contributed by atoms with Crippen LogP contribution < -0.4 is 10.6 Å². The Hall–Kier alpha value is -1.21. The number of nitrogens with one attached hydrogen (secondary N) is 2. The van der Waals surface area contributed by atoms with Crippen molar-refractivity contribution in [1.29, 1.82) is 0 Å². The molecule has 19 heavy (non-hydrogen) atoms. The average Bonchev–Trinajstić information content (AvgIpc) is 2.29. The third-order valence-electron chi connectivity index (χ3n) is 1.92. The quantitative estimate of drug-likeness (QED) is 0.661. The Kier molecular flexibility index (Phi) is 5.25. The molecule has 2 N–H and O–H groups in total. The molecule has 0 aliphatic rings. The van der Waals surface area contributed by atoms with E-state index in [2.05, 4.69) is 5.32 Å². The smallest absolute Gasteiger partial charge is 0.376 e. The maximum Gasteiger partial charge on any atom is 0.405 e. The van der Waals surface area contributed by atoms with Gasteiger partial charge >= 0.3 is 6.18 Å². The SMILES string of the molecule is O=C(CNc1cc(Cl)c(F)c(Cl)c1)NCC(F)(F)F. The summed E-state index contributed by atoms with van der Waals surface area (Å²) in [5, 5.41) is 3.62. The first kappa shape index (κ1) is 15.8. The van der Waals surface area contributed by atoms with Crippen molar-refractivity contribution in [2.45, 2.75) is 6.18 Å². The van der Waals surface area contributed by atoms with Gasteiger partial charge in [-0.3, -0.25) is 4.79 Å². The molecule has 0 aliphatic carbocycles. The predicted octanol–water partition coefficient (Wildman–Crippen LogP) is 3.22.